The first kappa shape index (κ1) is 14.3. The van der Waals surface area contributed by atoms with Crippen LogP contribution in [0.5, 0.6) is 0 Å². The van der Waals surface area contributed by atoms with Gasteiger partial charge in [0.2, 0.25) is 0 Å². The maximum atomic E-state index is 12.3. The summed E-state index contributed by atoms with van der Waals surface area (Å²) in [7, 11) is 0. The molecule has 0 unspecified atom stereocenters. The maximum absolute atomic E-state index is 12.3. The Morgan fingerprint density at radius 3 is 2.74 bits per heavy atom. The van der Waals surface area contributed by atoms with E-state index in [1.807, 2.05) is 24.0 Å². The molecule has 1 aliphatic rings. The van der Waals surface area contributed by atoms with Gasteiger partial charge in [-0.1, -0.05) is 6.07 Å². The summed E-state index contributed by atoms with van der Waals surface area (Å²) in [5, 5.41) is 1.07. The number of nitrogens with zero attached hydrogens (tertiary/aromatic N) is 3. The van der Waals surface area contributed by atoms with E-state index in [0.29, 0.717) is 5.56 Å². The Morgan fingerprint density at radius 1 is 1.17 bits per heavy atom. The van der Waals surface area contributed by atoms with Crippen LogP contribution in [0.3, 0.4) is 0 Å². The molecular formula is C18H17N3OS. The number of aromatic nitrogens is 2. The summed E-state index contributed by atoms with van der Waals surface area (Å²) >= 11 is 1.69. The van der Waals surface area contributed by atoms with Gasteiger partial charge in [0.25, 0.3) is 5.91 Å². The van der Waals surface area contributed by atoms with Crippen LogP contribution in [-0.4, -0.2) is 33.9 Å². The van der Waals surface area contributed by atoms with E-state index in [9.17, 15) is 4.79 Å². The molecule has 3 aromatic rings. The van der Waals surface area contributed by atoms with Crippen LogP contribution < -0.4 is 0 Å². The van der Waals surface area contributed by atoms with E-state index < -0.39 is 0 Å². The van der Waals surface area contributed by atoms with E-state index in [2.05, 4.69) is 28.2 Å². The molecule has 5 heteroatoms. The van der Waals surface area contributed by atoms with Gasteiger partial charge in [0.05, 0.1) is 26.5 Å². The number of rotatable bonds is 2. The van der Waals surface area contributed by atoms with Crippen molar-refractivity contribution in [1.82, 2.24) is 14.9 Å². The molecule has 1 aromatic carbocycles. The van der Waals surface area contributed by atoms with Gasteiger partial charge in [-0.2, -0.15) is 0 Å². The highest BCUT2D eigenvalue weighted by Crippen LogP contribution is 2.27. The molecule has 0 bridgehead atoms. The molecule has 1 aliphatic heterocycles. The summed E-state index contributed by atoms with van der Waals surface area (Å²) in [5.74, 6) is 0.0899. The summed E-state index contributed by atoms with van der Waals surface area (Å²) in [5.41, 5.74) is 3.57. The first-order valence-electron chi connectivity index (χ1n) is 7.83. The number of hydrogen-bond donors (Lipinski definition) is 0. The van der Waals surface area contributed by atoms with Crippen molar-refractivity contribution in [3.63, 3.8) is 0 Å². The number of pyridine rings is 1. The minimum Gasteiger partial charge on any atom is -0.339 e. The van der Waals surface area contributed by atoms with Gasteiger partial charge in [-0.15, -0.1) is 11.3 Å². The molecule has 4 rings (SSSR count). The second kappa shape index (κ2) is 5.74. The Labute approximate surface area is 138 Å². The zero-order valence-corrected chi connectivity index (χ0v) is 13.8. The highest BCUT2D eigenvalue weighted by molar-refractivity contribution is 7.18. The van der Waals surface area contributed by atoms with Crippen LogP contribution in [0.2, 0.25) is 0 Å². The molecule has 3 heterocycles. The lowest BCUT2D eigenvalue weighted by molar-refractivity contribution is 0.0792. The Bertz CT molecular complexity index is 864. The minimum atomic E-state index is 0.0899. The van der Waals surface area contributed by atoms with Gasteiger partial charge < -0.3 is 4.90 Å². The number of carbonyl (C=O) groups excluding carboxylic acids is 1. The van der Waals surface area contributed by atoms with Crippen molar-refractivity contribution in [2.75, 3.05) is 13.1 Å². The van der Waals surface area contributed by atoms with Gasteiger partial charge in [-0.05, 0) is 44.0 Å². The van der Waals surface area contributed by atoms with Gasteiger partial charge in [0.15, 0.2) is 0 Å². The second-order valence-corrected chi connectivity index (χ2v) is 7.08. The van der Waals surface area contributed by atoms with Gasteiger partial charge in [-0.25, -0.2) is 4.98 Å². The number of aryl methyl sites for hydroxylation is 1. The highest BCUT2D eigenvalue weighted by Gasteiger charge is 2.19. The van der Waals surface area contributed by atoms with Gasteiger partial charge in [-0.3, -0.25) is 9.78 Å². The molecular weight excluding hydrogens is 306 g/mol. The predicted octanol–water partition coefficient (Wildman–Crippen LogP) is 3.90. The van der Waals surface area contributed by atoms with E-state index in [0.717, 1.165) is 47.7 Å². The van der Waals surface area contributed by atoms with Crippen LogP contribution in [-0.2, 0) is 0 Å². The first-order chi connectivity index (χ1) is 11.2. The average molecular weight is 323 g/mol. The Balaban J connectivity index is 1.62. The fourth-order valence-electron chi connectivity index (χ4n) is 3.00. The lowest BCUT2D eigenvalue weighted by atomic mass is 10.1. The summed E-state index contributed by atoms with van der Waals surface area (Å²) in [6.45, 7) is 3.74. The topological polar surface area (TPSA) is 46.1 Å². The molecule has 0 saturated carbocycles. The number of amides is 1. The van der Waals surface area contributed by atoms with Crippen molar-refractivity contribution in [3.8, 4) is 11.3 Å². The fourth-order valence-corrected chi connectivity index (χ4v) is 3.80. The van der Waals surface area contributed by atoms with Crippen molar-refractivity contribution < 1.29 is 4.79 Å². The zero-order chi connectivity index (χ0) is 15.8. The predicted molar refractivity (Wildman–Crippen MR) is 92.7 cm³/mol. The van der Waals surface area contributed by atoms with Crippen molar-refractivity contribution in [2.45, 2.75) is 19.8 Å². The zero-order valence-electron chi connectivity index (χ0n) is 13.0. The average Bonchev–Trinajstić information content (AvgIpc) is 3.22. The van der Waals surface area contributed by atoms with Crippen LogP contribution in [0.25, 0.3) is 21.5 Å². The molecule has 0 radical (unpaired) electrons. The van der Waals surface area contributed by atoms with E-state index in [1.54, 1.807) is 17.5 Å². The fraction of sp³-hybridized carbons (Fsp3) is 0.278. The standard InChI is InChI=1S/C18H17N3OS/c1-12-20-16-10-13(5-7-17(16)23-12)15-6-4-14(11-19-15)18(22)21-8-2-3-9-21/h4-7,10-11H,2-3,8-9H2,1H3. The molecule has 0 aliphatic carbocycles. The first-order valence-corrected chi connectivity index (χ1v) is 8.65. The number of hydrogen-bond acceptors (Lipinski definition) is 4. The molecule has 23 heavy (non-hydrogen) atoms. The van der Waals surface area contributed by atoms with Crippen LogP contribution >= 0.6 is 11.3 Å². The van der Waals surface area contributed by atoms with E-state index >= 15 is 0 Å². The molecule has 2 aromatic heterocycles. The third kappa shape index (κ3) is 2.72. The van der Waals surface area contributed by atoms with Crippen LogP contribution in [0.1, 0.15) is 28.2 Å². The summed E-state index contributed by atoms with van der Waals surface area (Å²) < 4.78 is 1.19. The summed E-state index contributed by atoms with van der Waals surface area (Å²) in [6, 6.07) is 10.00. The third-order valence-electron chi connectivity index (χ3n) is 4.19. The number of likely N-dealkylation sites (tertiary alicyclic amines) is 1. The van der Waals surface area contributed by atoms with Crippen molar-refractivity contribution >= 4 is 27.5 Å². The van der Waals surface area contributed by atoms with Gasteiger partial charge in [0, 0.05) is 24.8 Å². The SMILES string of the molecule is Cc1nc2cc(-c3ccc(C(=O)N4CCCC4)cn3)ccc2s1. The quantitative estimate of drug-likeness (QED) is 0.718. The molecule has 4 nitrogen and oxygen atoms in total. The van der Waals surface area contributed by atoms with Crippen molar-refractivity contribution in [2.24, 2.45) is 0 Å². The smallest absolute Gasteiger partial charge is 0.255 e. The Morgan fingerprint density at radius 2 is 2.00 bits per heavy atom. The molecule has 0 atom stereocenters. The second-order valence-electron chi connectivity index (χ2n) is 5.85. The molecule has 116 valence electrons. The summed E-state index contributed by atoms with van der Waals surface area (Å²) in [6.07, 6.45) is 3.89. The largest absolute Gasteiger partial charge is 0.339 e. The maximum Gasteiger partial charge on any atom is 0.255 e. The van der Waals surface area contributed by atoms with Crippen LogP contribution in [0, 0.1) is 6.92 Å². The molecule has 0 spiro atoms. The van der Waals surface area contributed by atoms with E-state index in [4.69, 9.17) is 0 Å². The molecule has 1 saturated heterocycles. The monoisotopic (exact) mass is 323 g/mol. The van der Waals surface area contributed by atoms with Gasteiger partial charge in [0.1, 0.15) is 0 Å². The number of fused-ring (bicyclic) bond motifs is 1. The number of benzene rings is 1. The molecule has 1 amide bonds. The van der Waals surface area contributed by atoms with Crippen molar-refractivity contribution in [1.29, 1.82) is 0 Å². The molecule has 0 N–H and O–H groups in total. The van der Waals surface area contributed by atoms with Crippen LogP contribution in [0.15, 0.2) is 36.5 Å². The normalized spacial score (nSPS) is 14.6. The Hall–Kier alpha value is -2.27. The molecule has 1 fully saturated rings. The van der Waals surface area contributed by atoms with E-state index in [1.165, 1.54) is 4.70 Å². The van der Waals surface area contributed by atoms with Gasteiger partial charge >= 0.3 is 0 Å². The number of thiazole rings is 1. The highest BCUT2D eigenvalue weighted by atomic mass is 32.1. The Kier molecular flexibility index (Phi) is 3.58. The lowest BCUT2D eigenvalue weighted by Crippen LogP contribution is -2.27. The van der Waals surface area contributed by atoms with Crippen LogP contribution in [0.4, 0.5) is 0 Å². The summed E-state index contributed by atoms with van der Waals surface area (Å²) in [4.78, 5) is 23.3. The number of carbonyl (C=O) groups is 1. The van der Waals surface area contributed by atoms with E-state index in [-0.39, 0.29) is 5.91 Å². The third-order valence-corrected chi connectivity index (χ3v) is 5.15. The van der Waals surface area contributed by atoms with Crippen molar-refractivity contribution in [3.05, 3.63) is 47.1 Å². The lowest BCUT2D eigenvalue weighted by Gasteiger charge is -2.14. The minimum absolute atomic E-state index is 0.0899.